The number of rotatable bonds is 9. The van der Waals surface area contributed by atoms with Gasteiger partial charge in [-0.25, -0.2) is 4.79 Å². The van der Waals surface area contributed by atoms with Gasteiger partial charge in [-0.2, -0.15) is 0 Å². The Morgan fingerprint density at radius 1 is 0.850 bits per heavy atom. The molecule has 0 saturated heterocycles. The van der Waals surface area contributed by atoms with E-state index in [1.54, 1.807) is 32.6 Å². The molecule has 0 spiro atoms. The number of carbonyl (C=O) groups excluding carboxylic acids is 3. The maximum atomic E-state index is 14.3. The summed E-state index contributed by atoms with van der Waals surface area (Å²) in [7, 11) is 0. The molecule has 7 heteroatoms. The molecule has 2 atom stereocenters. The topological polar surface area (TPSA) is 87.7 Å². The number of anilines is 1. The van der Waals surface area contributed by atoms with E-state index in [2.05, 4.69) is 34.9 Å². The average molecular weight is 544 g/mol. The fourth-order valence-electron chi connectivity index (χ4n) is 4.16. The van der Waals surface area contributed by atoms with E-state index in [1.165, 1.54) is 5.56 Å². The third-order valence-electron chi connectivity index (χ3n) is 6.61. The van der Waals surface area contributed by atoms with Crippen molar-refractivity contribution in [2.24, 2.45) is 0 Å². The Bertz CT molecular complexity index is 1310. The zero-order valence-electron chi connectivity index (χ0n) is 24.6. The minimum absolute atomic E-state index is 0.264. The molecule has 3 amide bonds. The lowest BCUT2D eigenvalue weighted by Crippen LogP contribution is -2.50. The lowest BCUT2D eigenvalue weighted by molar-refractivity contribution is -0.128. The Labute approximate surface area is 237 Å². The first-order chi connectivity index (χ1) is 18.8. The molecular formula is C33H41N3O4. The summed E-state index contributed by atoms with van der Waals surface area (Å²) in [5.74, 6) is -0.758. The molecule has 3 rings (SSSR count). The molecule has 7 nitrogen and oxygen atoms in total. The average Bonchev–Trinajstić information content (AvgIpc) is 2.89. The summed E-state index contributed by atoms with van der Waals surface area (Å²) in [5, 5.41) is 5.44. The second-order valence-electron chi connectivity index (χ2n) is 11.2. The monoisotopic (exact) mass is 543 g/mol. The predicted octanol–water partition coefficient (Wildman–Crippen LogP) is 5.96. The number of ether oxygens (including phenoxy) is 1. The molecule has 0 aliphatic heterocycles. The van der Waals surface area contributed by atoms with Crippen LogP contribution < -0.4 is 15.5 Å². The first-order valence-corrected chi connectivity index (χ1v) is 13.6. The van der Waals surface area contributed by atoms with Gasteiger partial charge in [0.25, 0.3) is 5.91 Å². The van der Waals surface area contributed by atoms with Gasteiger partial charge in [0.15, 0.2) is 0 Å². The van der Waals surface area contributed by atoms with Crippen LogP contribution in [0.2, 0.25) is 0 Å². The third kappa shape index (κ3) is 8.70. The van der Waals surface area contributed by atoms with E-state index < -0.39 is 29.7 Å². The van der Waals surface area contributed by atoms with Gasteiger partial charge < -0.3 is 20.3 Å². The number of carbonyl (C=O) groups is 3. The minimum Gasteiger partial charge on any atom is -0.444 e. The van der Waals surface area contributed by atoms with Crippen molar-refractivity contribution in [2.45, 2.75) is 72.6 Å². The Hall–Kier alpha value is -4.13. The summed E-state index contributed by atoms with van der Waals surface area (Å²) in [5.41, 5.74) is 5.19. The summed E-state index contributed by atoms with van der Waals surface area (Å²) in [6, 6.07) is 21.5. The second kappa shape index (κ2) is 13.3. The van der Waals surface area contributed by atoms with Gasteiger partial charge in [-0.3, -0.25) is 9.59 Å². The zero-order valence-corrected chi connectivity index (χ0v) is 24.6. The number of alkyl carbamates (subject to hydrolysis) is 1. The van der Waals surface area contributed by atoms with Crippen LogP contribution in [0.1, 0.15) is 61.6 Å². The number of hydrogen-bond acceptors (Lipinski definition) is 4. The van der Waals surface area contributed by atoms with Crippen LogP contribution in [-0.2, 0) is 20.7 Å². The maximum Gasteiger partial charge on any atom is 0.408 e. The van der Waals surface area contributed by atoms with Gasteiger partial charge in [0.05, 0.1) is 0 Å². The van der Waals surface area contributed by atoms with Crippen molar-refractivity contribution in [3.63, 3.8) is 0 Å². The van der Waals surface area contributed by atoms with Gasteiger partial charge in [0.2, 0.25) is 5.91 Å². The maximum absolute atomic E-state index is 14.3. The van der Waals surface area contributed by atoms with E-state index in [9.17, 15) is 14.4 Å². The van der Waals surface area contributed by atoms with Crippen molar-refractivity contribution < 1.29 is 19.1 Å². The summed E-state index contributed by atoms with van der Waals surface area (Å²) in [4.78, 5) is 41.5. The van der Waals surface area contributed by atoms with Crippen LogP contribution in [0.3, 0.4) is 0 Å². The predicted molar refractivity (Wildman–Crippen MR) is 159 cm³/mol. The molecule has 3 aromatic rings. The summed E-state index contributed by atoms with van der Waals surface area (Å²) < 4.78 is 5.29. The van der Waals surface area contributed by atoms with Gasteiger partial charge in [0, 0.05) is 12.2 Å². The smallest absolute Gasteiger partial charge is 0.408 e. The lowest BCUT2D eigenvalue weighted by atomic mass is 10.0. The van der Waals surface area contributed by atoms with E-state index in [0.717, 1.165) is 22.4 Å². The Morgan fingerprint density at radius 3 is 2.10 bits per heavy atom. The number of nitrogens with zero attached hydrogens (tertiary/aromatic N) is 1. The standard InChI is InChI=1S/C33H41N3O4/c1-22-13-16-26(17-14-22)19-20-36(28-18-15-23(2)24(3)21-28)31(38)29(27-11-9-8-10-12-27)35-30(37)25(4)34-32(39)40-33(5,6)7/h8-18,21,25,29H,19-20H2,1-7H3,(H,34,39)(H,35,37). The highest BCUT2D eigenvalue weighted by Gasteiger charge is 2.31. The molecule has 3 aromatic carbocycles. The SMILES string of the molecule is Cc1ccc(CCN(C(=O)C(NC(=O)C(C)NC(=O)OC(C)(C)C)c2ccccc2)c2ccc(C)c(C)c2)cc1. The van der Waals surface area contributed by atoms with Crippen LogP contribution in [0.15, 0.2) is 72.8 Å². The molecule has 0 saturated carbocycles. The van der Waals surface area contributed by atoms with E-state index in [-0.39, 0.29) is 5.91 Å². The van der Waals surface area contributed by atoms with E-state index in [0.29, 0.717) is 18.5 Å². The minimum atomic E-state index is -0.962. The first kappa shape index (κ1) is 30.4. The van der Waals surface area contributed by atoms with Gasteiger partial charge in [-0.05, 0) is 89.3 Å². The first-order valence-electron chi connectivity index (χ1n) is 13.6. The molecule has 0 fully saturated rings. The van der Waals surface area contributed by atoms with Crippen molar-refractivity contribution in [3.05, 3.63) is 101 Å². The largest absolute Gasteiger partial charge is 0.444 e. The molecule has 2 unspecified atom stereocenters. The molecule has 40 heavy (non-hydrogen) atoms. The number of aryl methyl sites for hydroxylation is 3. The summed E-state index contributed by atoms with van der Waals surface area (Å²) >= 11 is 0. The highest BCUT2D eigenvalue weighted by atomic mass is 16.6. The van der Waals surface area contributed by atoms with Crippen LogP contribution >= 0.6 is 0 Å². The normalized spacial score (nSPS) is 12.7. The van der Waals surface area contributed by atoms with Crippen molar-refractivity contribution >= 4 is 23.6 Å². The number of hydrogen-bond donors (Lipinski definition) is 2. The van der Waals surface area contributed by atoms with Crippen LogP contribution in [0, 0.1) is 20.8 Å². The summed E-state index contributed by atoms with van der Waals surface area (Å²) in [6.07, 6.45) is -0.0575. The van der Waals surface area contributed by atoms with Crippen LogP contribution in [0.4, 0.5) is 10.5 Å². The van der Waals surface area contributed by atoms with E-state index >= 15 is 0 Å². The molecule has 0 aliphatic carbocycles. The molecular weight excluding hydrogens is 502 g/mol. The molecule has 212 valence electrons. The lowest BCUT2D eigenvalue weighted by Gasteiger charge is -2.30. The molecule has 0 bridgehead atoms. The van der Waals surface area contributed by atoms with Gasteiger partial charge in [-0.1, -0.05) is 66.2 Å². The van der Waals surface area contributed by atoms with Crippen molar-refractivity contribution in [1.29, 1.82) is 0 Å². The number of benzene rings is 3. The van der Waals surface area contributed by atoms with E-state index in [1.807, 2.05) is 69.3 Å². The second-order valence-corrected chi connectivity index (χ2v) is 11.2. The Morgan fingerprint density at radius 2 is 1.50 bits per heavy atom. The fourth-order valence-corrected chi connectivity index (χ4v) is 4.16. The van der Waals surface area contributed by atoms with E-state index in [4.69, 9.17) is 4.74 Å². The summed E-state index contributed by atoms with van der Waals surface area (Å²) in [6.45, 7) is 13.3. The van der Waals surface area contributed by atoms with Crippen molar-refractivity contribution in [1.82, 2.24) is 10.6 Å². The molecule has 0 aliphatic rings. The molecule has 2 N–H and O–H groups in total. The number of amides is 3. The van der Waals surface area contributed by atoms with Crippen molar-refractivity contribution in [2.75, 3.05) is 11.4 Å². The Kier molecular flexibility index (Phi) is 10.1. The van der Waals surface area contributed by atoms with Crippen molar-refractivity contribution in [3.8, 4) is 0 Å². The highest BCUT2D eigenvalue weighted by molar-refractivity contribution is 6.00. The quantitative estimate of drug-likeness (QED) is 0.349. The third-order valence-corrected chi connectivity index (χ3v) is 6.61. The van der Waals surface area contributed by atoms with Gasteiger partial charge in [-0.15, -0.1) is 0 Å². The van der Waals surface area contributed by atoms with Crippen LogP contribution in [0.5, 0.6) is 0 Å². The molecule has 0 aromatic heterocycles. The molecule has 0 heterocycles. The van der Waals surface area contributed by atoms with Crippen LogP contribution in [0.25, 0.3) is 0 Å². The number of nitrogens with one attached hydrogen (secondary N) is 2. The van der Waals surface area contributed by atoms with Gasteiger partial charge >= 0.3 is 6.09 Å². The van der Waals surface area contributed by atoms with Gasteiger partial charge in [0.1, 0.15) is 17.7 Å². The highest BCUT2D eigenvalue weighted by Crippen LogP contribution is 2.25. The fraction of sp³-hybridized carbons (Fsp3) is 0.364. The molecule has 0 radical (unpaired) electrons. The van der Waals surface area contributed by atoms with Crippen LogP contribution in [-0.4, -0.2) is 36.1 Å². The Balaban J connectivity index is 1.91. The zero-order chi connectivity index (χ0) is 29.4.